The van der Waals surface area contributed by atoms with Crippen LogP contribution < -0.4 is 0 Å². The Kier molecular flexibility index (Phi) is 5.38. The predicted octanol–water partition coefficient (Wildman–Crippen LogP) is 4.05. The van der Waals surface area contributed by atoms with Crippen molar-refractivity contribution in [1.82, 2.24) is 14.2 Å². The Morgan fingerprint density at radius 2 is 1.83 bits per heavy atom. The molecule has 1 atom stereocenters. The van der Waals surface area contributed by atoms with Crippen molar-refractivity contribution < 1.29 is 13.2 Å². The number of thiazole rings is 1. The summed E-state index contributed by atoms with van der Waals surface area (Å²) in [5.41, 5.74) is 0.979. The van der Waals surface area contributed by atoms with Gasteiger partial charge < -0.3 is 4.90 Å². The maximum Gasteiger partial charge on any atom is 0.252 e. The van der Waals surface area contributed by atoms with E-state index in [2.05, 4.69) is 6.07 Å². The van der Waals surface area contributed by atoms with Gasteiger partial charge in [0.2, 0.25) is 5.91 Å². The van der Waals surface area contributed by atoms with Crippen LogP contribution in [0.25, 0.3) is 10.2 Å². The molecule has 2 aliphatic rings. The van der Waals surface area contributed by atoms with Gasteiger partial charge in [0.05, 0.1) is 22.7 Å². The van der Waals surface area contributed by atoms with Gasteiger partial charge in [0.25, 0.3) is 10.0 Å². The first-order valence-electron chi connectivity index (χ1n) is 10.3. The summed E-state index contributed by atoms with van der Waals surface area (Å²) in [6.45, 7) is 1.90. The highest BCUT2D eigenvalue weighted by Gasteiger charge is 2.33. The van der Waals surface area contributed by atoms with E-state index in [-0.39, 0.29) is 18.4 Å². The molecular weight excluding hydrogens is 438 g/mol. The van der Waals surface area contributed by atoms with Crippen LogP contribution in [0.4, 0.5) is 0 Å². The second-order valence-corrected chi connectivity index (χ2v) is 12.2. The van der Waals surface area contributed by atoms with Crippen LogP contribution in [0.3, 0.4) is 0 Å². The molecule has 0 saturated carbocycles. The number of amides is 1. The first kappa shape index (κ1) is 20.1. The number of hydrogen-bond donors (Lipinski definition) is 0. The summed E-state index contributed by atoms with van der Waals surface area (Å²) in [5.74, 6) is 0.0451. The second-order valence-electron chi connectivity index (χ2n) is 7.77. The van der Waals surface area contributed by atoms with Crippen LogP contribution in [-0.4, -0.2) is 48.1 Å². The number of rotatable bonds is 5. The maximum atomic E-state index is 13.1. The normalized spacial score (nSPS) is 20.4. The van der Waals surface area contributed by atoms with E-state index in [1.54, 1.807) is 27.8 Å². The van der Waals surface area contributed by atoms with Crippen molar-refractivity contribution in [2.24, 2.45) is 0 Å². The van der Waals surface area contributed by atoms with Gasteiger partial charge >= 0.3 is 0 Å². The summed E-state index contributed by atoms with van der Waals surface area (Å²) in [6, 6.07) is 11.5. The lowest BCUT2D eigenvalue weighted by molar-refractivity contribution is -0.131. The minimum Gasteiger partial charge on any atom is -0.333 e. The van der Waals surface area contributed by atoms with Crippen LogP contribution in [0, 0.1) is 0 Å². The van der Waals surface area contributed by atoms with Gasteiger partial charge in [-0.05, 0) is 49.9 Å². The molecular formula is C21H23N3O3S3. The number of sulfonamides is 1. The molecule has 0 unspecified atom stereocenters. The summed E-state index contributed by atoms with van der Waals surface area (Å²) < 4.78 is 28.5. The molecule has 30 heavy (non-hydrogen) atoms. The molecule has 0 aliphatic carbocycles. The van der Waals surface area contributed by atoms with Crippen LogP contribution in [0.15, 0.2) is 40.6 Å². The van der Waals surface area contributed by atoms with E-state index in [0.717, 1.165) is 52.3 Å². The van der Waals surface area contributed by atoms with Gasteiger partial charge in [-0.1, -0.05) is 12.1 Å². The van der Waals surface area contributed by atoms with Gasteiger partial charge in [-0.15, -0.1) is 22.7 Å². The molecule has 9 heteroatoms. The van der Waals surface area contributed by atoms with Crippen molar-refractivity contribution in [1.29, 1.82) is 0 Å². The highest BCUT2D eigenvalue weighted by molar-refractivity contribution is 7.91. The van der Waals surface area contributed by atoms with Crippen molar-refractivity contribution in [2.75, 3.05) is 19.6 Å². The third-order valence-electron chi connectivity index (χ3n) is 5.79. The molecule has 2 saturated heterocycles. The molecule has 0 radical (unpaired) electrons. The number of carbonyl (C=O) groups excluding carboxylic acids is 1. The molecule has 1 amide bonds. The number of para-hydroxylation sites is 1. The lowest BCUT2D eigenvalue weighted by Gasteiger charge is -2.22. The van der Waals surface area contributed by atoms with E-state index in [9.17, 15) is 13.2 Å². The monoisotopic (exact) mass is 461 g/mol. The van der Waals surface area contributed by atoms with Gasteiger partial charge in [0.15, 0.2) is 0 Å². The zero-order valence-corrected chi connectivity index (χ0v) is 18.9. The number of thiophene rings is 1. The average Bonchev–Trinajstić information content (AvgIpc) is 3.54. The minimum atomic E-state index is -3.42. The second kappa shape index (κ2) is 8.03. The molecule has 2 aliphatic heterocycles. The topological polar surface area (TPSA) is 70.6 Å². The van der Waals surface area contributed by atoms with Crippen molar-refractivity contribution in [3.05, 3.63) is 46.3 Å². The quantitative estimate of drug-likeness (QED) is 0.575. The Morgan fingerprint density at radius 1 is 1.03 bits per heavy atom. The lowest BCUT2D eigenvalue weighted by Crippen LogP contribution is -2.31. The predicted molar refractivity (Wildman–Crippen MR) is 119 cm³/mol. The molecule has 6 nitrogen and oxygen atoms in total. The Balaban J connectivity index is 1.32. The Hall–Kier alpha value is -1.81. The SMILES string of the molecule is O=C(Cc1ccc(S(=O)(=O)N2CCCC2)s1)N1CCC[C@H]1c1nc2ccccc2s1. The fourth-order valence-corrected chi connectivity index (χ4v) is 8.39. The molecule has 5 rings (SSSR count). The van der Waals surface area contributed by atoms with E-state index in [4.69, 9.17) is 4.98 Å². The van der Waals surface area contributed by atoms with E-state index in [0.29, 0.717) is 17.3 Å². The molecule has 2 aromatic heterocycles. The van der Waals surface area contributed by atoms with E-state index in [1.807, 2.05) is 23.1 Å². The fourth-order valence-electron chi connectivity index (χ4n) is 4.25. The van der Waals surface area contributed by atoms with Gasteiger partial charge in [0, 0.05) is 24.5 Å². The summed E-state index contributed by atoms with van der Waals surface area (Å²) in [6.07, 6.45) is 3.95. The van der Waals surface area contributed by atoms with E-state index < -0.39 is 10.0 Å². The number of fused-ring (bicyclic) bond motifs is 1. The van der Waals surface area contributed by atoms with Crippen molar-refractivity contribution in [3.8, 4) is 0 Å². The largest absolute Gasteiger partial charge is 0.333 e. The van der Waals surface area contributed by atoms with Crippen LogP contribution in [-0.2, 0) is 21.2 Å². The molecule has 2 fully saturated rings. The summed E-state index contributed by atoms with van der Waals surface area (Å²) in [5, 5.41) is 0.991. The third-order valence-corrected chi connectivity index (χ3v) is 10.4. The van der Waals surface area contributed by atoms with Crippen molar-refractivity contribution in [2.45, 2.75) is 42.4 Å². The highest BCUT2D eigenvalue weighted by Crippen LogP contribution is 2.37. The molecule has 4 heterocycles. The third kappa shape index (κ3) is 3.68. The number of benzene rings is 1. The molecule has 1 aromatic carbocycles. The molecule has 3 aromatic rings. The zero-order valence-electron chi connectivity index (χ0n) is 16.5. The van der Waals surface area contributed by atoms with Crippen LogP contribution in [0.1, 0.15) is 41.6 Å². The van der Waals surface area contributed by atoms with Gasteiger partial charge in [-0.3, -0.25) is 4.79 Å². The molecule has 0 N–H and O–H groups in total. The molecule has 0 spiro atoms. The summed E-state index contributed by atoms with van der Waals surface area (Å²) >= 11 is 2.88. The first-order chi connectivity index (χ1) is 14.5. The first-order valence-corrected chi connectivity index (χ1v) is 13.3. The van der Waals surface area contributed by atoms with Crippen LogP contribution >= 0.6 is 22.7 Å². The lowest BCUT2D eigenvalue weighted by atomic mass is 10.2. The standard InChI is InChI=1S/C21H23N3O3S3/c25-19(14-15-9-10-20(28-15)30(26,27)23-11-3-4-12-23)24-13-5-7-17(24)21-22-16-6-1-2-8-18(16)29-21/h1-2,6,8-10,17H,3-5,7,11-14H2/t17-/m0/s1. The van der Waals surface area contributed by atoms with E-state index in [1.165, 1.54) is 11.3 Å². The minimum absolute atomic E-state index is 0.0164. The van der Waals surface area contributed by atoms with Crippen molar-refractivity contribution >= 4 is 48.8 Å². The number of nitrogens with zero attached hydrogens (tertiary/aromatic N) is 3. The van der Waals surface area contributed by atoms with E-state index >= 15 is 0 Å². The van der Waals surface area contributed by atoms with Gasteiger partial charge in [-0.25, -0.2) is 13.4 Å². The Bertz CT molecular complexity index is 1150. The Labute approximate surface area is 184 Å². The smallest absolute Gasteiger partial charge is 0.252 e. The van der Waals surface area contributed by atoms with Crippen LogP contribution in [0.2, 0.25) is 0 Å². The summed E-state index contributed by atoms with van der Waals surface area (Å²) in [7, 11) is -3.42. The number of aromatic nitrogens is 1. The number of carbonyl (C=O) groups is 1. The number of hydrogen-bond acceptors (Lipinski definition) is 6. The zero-order chi connectivity index (χ0) is 20.7. The van der Waals surface area contributed by atoms with Crippen molar-refractivity contribution in [3.63, 3.8) is 0 Å². The highest BCUT2D eigenvalue weighted by atomic mass is 32.2. The average molecular weight is 462 g/mol. The molecule has 158 valence electrons. The maximum absolute atomic E-state index is 13.1. The fraction of sp³-hybridized carbons (Fsp3) is 0.429. The van der Waals surface area contributed by atoms with Crippen LogP contribution in [0.5, 0.6) is 0 Å². The molecule has 0 bridgehead atoms. The number of likely N-dealkylation sites (tertiary alicyclic amines) is 1. The van der Waals surface area contributed by atoms with Gasteiger partial charge in [-0.2, -0.15) is 4.31 Å². The summed E-state index contributed by atoms with van der Waals surface area (Å²) in [4.78, 5) is 20.6. The Morgan fingerprint density at radius 3 is 2.63 bits per heavy atom. The van der Waals surface area contributed by atoms with Gasteiger partial charge in [0.1, 0.15) is 9.22 Å².